The zero-order valence-electron chi connectivity index (χ0n) is 18.8. The van der Waals surface area contributed by atoms with Crippen LogP contribution in [-0.4, -0.2) is 46.2 Å². The lowest BCUT2D eigenvalue weighted by atomic mass is 9.74. The number of ether oxygens (including phenoxy) is 5. The molecule has 1 amide bonds. The van der Waals surface area contributed by atoms with Crippen LogP contribution in [-0.2, 0) is 14.9 Å². The van der Waals surface area contributed by atoms with Crippen molar-refractivity contribution in [2.45, 2.75) is 25.2 Å². The summed E-state index contributed by atoms with van der Waals surface area (Å²) in [5.74, 6) is 2.32. The predicted octanol–water partition coefficient (Wildman–Crippen LogP) is 4.35. The number of rotatable bonds is 8. The van der Waals surface area contributed by atoms with Crippen molar-refractivity contribution in [2.75, 3.05) is 40.3 Å². The van der Waals surface area contributed by atoms with Crippen molar-refractivity contribution in [3.63, 3.8) is 0 Å². The van der Waals surface area contributed by atoms with E-state index in [1.807, 2.05) is 19.1 Å². The minimum absolute atomic E-state index is 0.189. The van der Waals surface area contributed by atoms with Crippen LogP contribution < -0.4 is 24.3 Å². The van der Waals surface area contributed by atoms with Gasteiger partial charge in [0.2, 0.25) is 12.7 Å². The van der Waals surface area contributed by atoms with E-state index in [0.717, 1.165) is 35.5 Å². The second kappa shape index (κ2) is 10.4. The second-order valence-corrected chi connectivity index (χ2v) is 8.39. The van der Waals surface area contributed by atoms with Crippen LogP contribution in [0, 0.1) is 0 Å². The molecule has 1 fully saturated rings. The van der Waals surface area contributed by atoms with Crippen molar-refractivity contribution in [1.82, 2.24) is 5.32 Å². The highest BCUT2D eigenvalue weighted by molar-refractivity contribution is 6.32. The van der Waals surface area contributed by atoms with Crippen LogP contribution in [0.5, 0.6) is 23.0 Å². The van der Waals surface area contributed by atoms with Gasteiger partial charge in [-0.3, -0.25) is 4.79 Å². The molecule has 176 valence electrons. The van der Waals surface area contributed by atoms with Crippen molar-refractivity contribution < 1.29 is 28.5 Å². The summed E-state index contributed by atoms with van der Waals surface area (Å²) < 4.78 is 27.5. The highest BCUT2D eigenvalue weighted by atomic mass is 35.5. The molecule has 0 radical (unpaired) electrons. The average Bonchev–Trinajstić information content (AvgIpc) is 3.31. The van der Waals surface area contributed by atoms with Crippen molar-refractivity contribution in [3.8, 4) is 23.0 Å². The van der Waals surface area contributed by atoms with E-state index in [1.165, 1.54) is 6.08 Å². The Bertz CT molecular complexity index is 1030. The van der Waals surface area contributed by atoms with Gasteiger partial charge in [0.1, 0.15) is 0 Å². The van der Waals surface area contributed by atoms with E-state index < -0.39 is 0 Å². The molecule has 7 nitrogen and oxygen atoms in total. The number of methoxy groups -OCH3 is 1. The lowest BCUT2D eigenvalue weighted by molar-refractivity contribution is -0.116. The van der Waals surface area contributed by atoms with E-state index in [-0.39, 0.29) is 18.1 Å². The number of carbonyl (C=O) groups is 1. The first-order valence-corrected chi connectivity index (χ1v) is 11.4. The van der Waals surface area contributed by atoms with Crippen molar-refractivity contribution in [1.29, 1.82) is 0 Å². The first kappa shape index (κ1) is 23.3. The van der Waals surface area contributed by atoms with Crippen LogP contribution in [0.4, 0.5) is 0 Å². The molecule has 8 heteroatoms. The predicted molar refractivity (Wildman–Crippen MR) is 126 cm³/mol. The Morgan fingerprint density at radius 3 is 2.73 bits per heavy atom. The largest absolute Gasteiger partial charge is 0.493 e. The zero-order chi connectivity index (χ0) is 23.3. The summed E-state index contributed by atoms with van der Waals surface area (Å²) in [5.41, 5.74) is 1.63. The van der Waals surface area contributed by atoms with Gasteiger partial charge in [-0.2, -0.15) is 0 Å². The first-order chi connectivity index (χ1) is 16.0. The zero-order valence-corrected chi connectivity index (χ0v) is 19.6. The van der Waals surface area contributed by atoms with E-state index in [1.54, 1.807) is 25.3 Å². The maximum atomic E-state index is 12.7. The number of hydrogen-bond acceptors (Lipinski definition) is 6. The van der Waals surface area contributed by atoms with E-state index in [2.05, 4.69) is 11.4 Å². The molecule has 0 unspecified atom stereocenters. The molecule has 0 bridgehead atoms. The smallest absolute Gasteiger partial charge is 0.244 e. The Morgan fingerprint density at radius 1 is 1.18 bits per heavy atom. The molecular formula is C25H28ClNO6. The number of benzene rings is 2. The molecule has 2 aliphatic rings. The standard InChI is InChI=1S/C25H28ClNO6/c1-3-31-24-19(26)12-17(13-22(24)29-2)4-7-23(28)27-15-25(8-10-30-11-9-25)18-5-6-20-21(14-18)33-16-32-20/h4-7,12-14H,3,8-11,15-16H2,1-2H3,(H,27,28)/b7-4+. The van der Waals surface area contributed by atoms with Crippen LogP contribution >= 0.6 is 11.6 Å². The normalized spacial score (nSPS) is 16.6. The molecule has 0 aliphatic carbocycles. The first-order valence-electron chi connectivity index (χ1n) is 11.0. The lowest BCUT2D eigenvalue weighted by Crippen LogP contribution is -2.44. The van der Waals surface area contributed by atoms with Gasteiger partial charge >= 0.3 is 0 Å². The van der Waals surface area contributed by atoms with Gasteiger partial charge in [0.05, 0.1) is 18.7 Å². The van der Waals surface area contributed by atoms with Crippen LogP contribution in [0.3, 0.4) is 0 Å². The van der Waals surface area contributed by atoms with E-state index in [9.17, 15) is 4.79 Å². The maximum absolute atomic E-state index is 12.7. The van der Waals surface area contributed by atoms with Gasteiger partial charge in [0, 0.05) is 31.2 Å². The van der Waals surface area contributed by atoms with Crippen molar-refractivity contribution >= 4 is 23.6 Å². The van der Waals surface area contributed by atoms with E-state index >= 15 is 0 Å². The molecule has 2 heterocycles. The van der Waals surface area contributed by atoms with Gasteiger partial charge in [-0.1, -0.05) is 17.7 Å². The topological polar surface area (TPSA) is 75.3 Å². The summed E-state index contributed by atoms with van der Waals surface area (Å²) in [5, 5.41) is 3.49. The Morgan fingerprint density at radius 2 is 1.97 bits per heavy atom. The maximum Gasteiger partial charge on any atom is 0.244 e. The molecule has 4 rings (SSSR count). The molecule has 0 aromatic heterocycles. The third-order valence-electron chi connectivity index (χ3n) is 6.00. The monoisotopic (exact) mass is 473 g/mol. The van der Waals surface area contributed by atoms with Gasteiger partial charge < -0.3 is 29.0 Å². The molecular weight excluding hydrogens is 446 g/mol. The van der Waals surface area contributed by atoms with Gasteiger partial charge in [-0.25, -0.2) is 0 Å². The number of nitrogens with one attached hydrogen (secondary N) is 1. The molecule has 0 saturated carbocycles. The summed E-state index contributed by atoms with van der Waals surface area (Å²) in [7, 11) is 1.55. The van der Waals surface area contributed by atoms with Gasteiger partial charge in [-0.05, 0) is 61.2 Å². The summed E-state index contributed by atoms with van der Waals surface area (Å²) in [6.45, 7) is 4.37. The van der Waals surface area contributed by atoms with Gasteiger partial charge in [-0.15, -0.1) is 0 Å². The molecule has 2 aromatic rings. The van der Waals surface area contributed by atoms with Gasteiger partial charge in [0.25, 0.3) is 0 Å². The SMILES string of the molecule is CCOc1c(Cl)cc(/C=C/C(=O)NCC2(c3ccc4c(c3)OCO4)CCOCC2)cc1OC. The molecule has 33 heavy (non-hydrogen) atoms. The minimum Gasteiger partial charge on any atom is -0.493 e. The third kappa shape index (κ3) is 5.20. The molecule has 1 saturated heterocycles. The summed E-state index contributed by atoms with van der Waals surface area (Å²) >= 11 is 6.33. The molecule has 2 aromatic carbocycles. The number of amides is 1. The Labute approximate surface area is 198 Å². The Hall–Kier alpha value is -2.90. The van der Waals surface area contributed by atoms with Crippen molar-refractivity contribution in [3.05, 3.63) is 52.6 Å². The number of fused-ring (bicyclic) bond motifs is 1. The van der Waals surface area contributed by atoms with E-state index in [0.29, 0.717) is 42.9 Å². The highest BCUT2D eigenvalue weighted by Crippen LogP contribution is 2.40. The number of carbonyl (C=O) groups excluding carboxylic acids is 1. The van der Waals surface area contributed by atoms with Crippen LogP contribution in [0.25, 0.3) is 6.08 Å². The third-order valence-corrected chi connectivity index (χ3v) is 6.28. The summed E-state index contributed by atoms with van der Waals surface area (Å²) in [6.07, 6.45) is 4.82. The Balaban J connectivity index is 1.46. The quantitative estimate of drug-likeness (QED) is 0.574. The van der Waals surface area contributed by atoms with Crippen LogP contribution in [0.1, 0.15) is 30.9 Å². The molecule has 0 atom stereocenters. The fraction of sp³-hybridized carbons (Fsp3) is 0.400. The second-order valence-electron chi connectivity index (χ2n) is 7.98. The van der Waals surface area contributed by atoms with Crippen LogP contribution in [0.2, 0.25) is 5.02 Å². The Kier molecular flexibility index (Phi) is 7.30. The highest BCUT2D eigenvalue weighted by Gasteiger charge is 2.36. The number of hydrogen-bond donors (Lipinski definition) is 1. The van der Waals surface area contributed by atoms with E-state index in [4.69, 9.17) is 35.3 Å². The average molecular weight is 474 g/mol. The minimum atomic E-state index is -0.228. The number of halogens is 1. The molecule has 2 aliphatic heterocycles. The molecule has 1 N–H and O–H groups in total. The summed E-state index contributed by atoms with van der Waals surface area (Å²) in [4.78, 5) is 12.7. The van der Waals surface area contributed by atoms with Crippen LogP contribution in [0.15, 0.2) is 36.4 Å². The fourth-order valence-electron chi connectivity index (χ4n) is 4.16. The van der Waals surface area contributed by atoms with Crippen molar-refractivity contribution in [2.24, 2.45) is 0 Å². The lowest BCUT2D eigenvalue weighted by Gasteiger charge is -2.38. The van der Waals surface area contributed by atoms with Gasteiger partial charge in [0.15, 0.2) is 23.0 Å². The summed E-state index contributed by atoms with van der Waals surface area (Å²) in [6, 6.07) is 9.52. The fourth-order valence-corrected chi connectivity index (χ4v) is 4.44. The molecule has 0 spiro atoms.